The van der Waals surface area contributed by atoms with Crippen molar-refractivity contribution in [3.8, 4) is 11.5 Å². The van der Waals surface area contributed by atoms with E-state index in [-0.39, 0.29) is 5.82 Å². The summed E-state index contributed by atoms with van der Waals surface area (Å²) in [6.45, 7) is 0.833. The second-order valence-electron chi connectivity index (χ2n) is 5.57. The summed E-state index contributed by atoms with van der Waals surface area (Å²) in [5.74, 6) is 0.718. The summed E-state index contributed by atoms with van der Waals surface area (Å²) in [5, 5.41) is 14.5. The number of anilines is 1. The van der Waals surface area contributed by atoms with Crippen LogP contribution in [0.4, 0.5) is 9.52 Å². The topological polar surface area (TPSA) is 63.8 Å². The first-order valence-electron chi connectivity index (χ1n) is 8.19. The molecule has 0 aliphatic heterocycles. The van der Waals surface area contributed by atoms with Gasteiger partial charge in [-0.3, -0.25) is 0 Å². The molecule has 0 spiro atoms. The summed E-state index contributed by atoms with van der Waals surface area (Å²) in [7, 11) is 0. The molecule has 0 atom stereocenters. The summed E-state index contributed by atoms with van der Waals surface area (Å²) in [5.41, 5.74) is 1.40. The molecule has 27 heavy (non-hydrogen) atoms. The van der Waals surface area contributed by atoms with E-state index in [1.165, 1.54) is 28.3 Å². The van der Waals surface area contributed by atoms with Crippen molar-refractivity contribution >= 4 is 39.6 Å². The van der Waals surface area contributed by atoms with Crippen molar-refractivity contribution < 1.29 is 8.81 Å². The van der Waals surface area contributed by atoms with Crippen LogP contribution in [0.3, 0.4) is 0 Å². The number of halogens is 1. The molecule has 4 rings (SSSR count). The van der Waals surface area contributed by atoms with Crippen LogP contribution in [0.5, 0.6) is 0 Å². The first kappa shape index (κ1) is 18.1. The predicted octanol–water partition coefficient (Wildman–Crippen LogP) is 5.34. The first-order valence-corrected chi connectivity index (χ1v) is 10.9. The Morgan fingerprint density at radius 3 is 3.00 bits per heavy atom. The van der Waals surface area contributed by atoms with E-state index in [4.69, 9.17) is 4.42 Å². The zero-order valence-corrected chi connectivity index (χ0v) is 16.5. The van der Waals surface area contributed by atoms with Gasteiger partial charge < -0.3 is 9.73 Å². The summed E-state index contributed by atoms with van der Waals surface area (Å²) >= 11 is 4.82. The molecule has 9 heteroatoms. The zero-order valence-electron chi connectivity index (χ0n) is 14.1. The summed E-state index contributed by atoms with van der Waals surface area (Å²) < 4.78 is 19.6. The Labute approximate surface area is 167 Å². The third-order valence-electron chi connectivity index (χ3n) is 3.60. The quantitative estimate of drug-likeness (QED) is 0.390. The average molecular weight is 419 g/mol. The predicted molar refractivity (Wildman–Crippen MR) is 108 cm³/mol. The lowest BCUT2D eigenvalue weighted by molar-refractivity contribution is 0.571. The number of aromatic nitrogens is 3. The number of nitrogens with one attached hydrogen (secondary N) is 1. The van der Waals surface area contributed by atoms with Crippen LogP contribution in [0.25, 0.3) is 11.5 Å². The number of rotatable bonds is 8. The SMILES string of the molecule is Fc1cccc(-c2nc(CSc3nnc(NCCc4cccs4)s3)co2)c1. The monoisotopic (exact) mass is 418 g/mol. The molecule has 0 amide bonds. The molecular weight excluding hydrogens is 403 g/mol. The fourth-order valence-corrected chi connectivity index (χ4v) is 4.71. The number of thioether (sulfide) groups is 1. The highest BCUT2D eigenvalue weighted by atomic mass is 32.2. The van der Waals surface area contributed by atoms with Gasteiger partial charge in [-0.05, 0) is 36.1 Å². The maximum absolute atomic E-state index is 13.3. The van der Waals surface area contributed by atoms with Crippen LogP contribution in [0.1, 0.15) is 10.6 Å². The molecule has 5 nitrogen and oxygen atoms in total. The van der Waals surface area contributed by atoms with E-state index >= 15 is 0 Å². The molecule has 3 aromatic heterocycles. The molecule has 1 aromatic carbocycles. The van der Waals surface area contributed by atoms with Crippen molar-refractivity contribution in [3.63, 3.8) is 0 Å². The van der Waals surface area contributed by atoms with Gasteiger partial charge in [0, 0.05) is 22.7 Å². The average Bonchev–Trinajstić information content (AvgIpc) is 3.42. The molecule has 3 heterocycles. The molecule has 0 fully saturated rings. The Balaban J connectivity index is 1.28. The van der Waals surface area contributed by atoms with E-state index in [0.717, 1.165) is 28.1 Å². The maximum Gasteiger partial charge on any atom is 0.226 e. The molecule has 0 unspecified atom stereocenters. The first-order chi connectivity index (χ1) is 13.3. The molecule has 0 aliphatic rings. The number of thiophene rings is 1. The Bertz CT molecular complexity index is 1000. The van der Waals surface area contributed by atoms with E-state index < -0.39 is 0 Å². The molecule has 138 valence electrons. The highest BCUT2D eigenvalue weighted by molar-refractivity contribution is 8.00. The smallest absolute Gasteiger partial charge is 0.226 e. The van der Waals surface area contributed by atoms with E-state index in [9.17, 15) is 4.39 Å². The number of nitrogens with zero attached hydrogens (tertiary/aromatic N) is 3. The van der Waals surface area contributed by atoms with Crippen molar-refractivity contribution in [2.24, 2.45) is 0 Å². The van der Waals surface area contributed by atoms with Gasteiger partial charge >= 0.3 is 0 Å². The van der Waals surface area contributed by atoms with Gasteiger partial charge in [0.1, 0.15) is 12.1 Å². The van der Waals surface area contributed by atoms with Gasteiger partial charge in [0.15, 0.2) is 4.34 Å². The number of hydrogen-bond donors (Lipinski definition) is 1. The highest BCUT2D eigenvalue weighted by Crippen LogP contribution is 2.29. The third kappa shape index (κ3) is 4.94. The normalized spacial score (nSPS) is 11.0. The van der Waals surface area contributed by atoms with Crippen molar-refractivity contribution in [2.45, 2.75) is 16.5 Å². The lowest BCUT2D eigenvalue weighted by Gasteiger charge is -1.99. The van der Waals surface area contributed by atoms with E-state index in [0.29, 0.717) is 17.2 Å². The molecule has 0 saturated heterocycles. The minimum Gasteiger partial charge on any atom is -0.444 e. The molecule has 0 bridgehead atoms. The Hall–Kier alpha value is -2.23. The molecule has 0 radical (unpaired) electrons. The third-order valence-corrected chi connectivity index (χ3v) is 6.59. The number of benzene rings is 1. The number of hydrogen-bond acceptors (Lipinski definition) is 8. The number of oxazole rings is 1. The minimum absolute atomic E-state index is 0.311. The largest absolute Gasteiger partial charge is 0.444 e. The van der Waals surface area contributed by atoms with Crippen molar-refractivity contribution in [1.29, 1.82) is 0 Å². The molecule has 1 N–H and O–H groups in total. The Kier molecular flexibility index (Phi) is 5.81. The van der Waals surface area contributed by atoms with Crippen molar-refractivity contribution in [3.05, 3.63) is 64.4 Å². The van der Waals surface area contributed by atoms with Crippen LogP contribution in [0.15, 0.2) is 56.8 Å². The highest BCUT2D eigenvalue weighted by Gasteiger charge is 2.10. The van der Waals surface area contributed by atoms with E-state index in [2.05, 4.69) is 38.0 Å². The van der Waals surface area contributed by atoms with E-state index in [1.54, 1.807) is 41.5 Å². The van der Waals surface area contributed by atoms with Gasteiger partial charge in [-0.15, -0.1) is 21.5 Å². The maximum atomic E-state index is 13.3. The van der Waals surface area contributed by atoms with Crippen molar-refractivity contribution in [1.82, 2.24) is 15.2 Å². The fourth-order valence-electron chi connectivity index (χ4n) is 2.35. The van der Waals surface area contributed by atoms with Crippen LogP contribution in [0, 0.1) is 5.82 Å². The van der Waals surface area contributed by atoms with Gasteiger partial charge in [0.25, 0.3) is 0 Å². The lowest BCUT2D eigenvalue weighted by atomic mass is 10.2. The van der Waals surface area contributed by atoms with Gasteiger partial charge in [-0.25, -0.2) is 9.37 Å². The standard InChI is InChI=1S/C18H15FN4OS3/c19-13-4-1-3-12(9-13)16-21-14(10-24-16)11-26-18-23-22-17(27-18)20-7-6-15-5-2-8-25-15/h1-5,8-10H,6-7,11H2,(H,20,22). The minimum atomic E-state index is -0.311. The molecule has 4 aromatic rings. The molecular formula is C18H15FN4OS3. The second-order valence-corrected chi connectivity index (χ2v) is 8.80. The summed E-state index contributed by atoms with van der Waals surface area (Å²) in [6, 6.07) is 10.4. The Morgan fingerprint density at radius 1 is 1.19 bits per heavy atom. The summed E-state index contributed by atoms with van der Waals surface area (Å²) in [4.78, 5) is 5.76. The molecule has 0 aliphatic carbocycles. The van der Waals surface area contributed by atoms with Gasteiger partial charge in [0.2, 0.25) is 11.0 Å². The fraction of sp³-hybridized carbons (Fsp3) is 0.167. The van der Waals surface area contributed by atoms with E-state index in [1.807, 2.05) is 0 Å². The van der Waals surface area contributed by atoms with Gasteiger partial charge in [-0.2, -0.15) is 0 Å². The van der Waals surface area contributed by atoms with Gasteiger partial charge in [-0.1, -0.05) is 35.2 Å². The van der Waals surface area contributed by atoms with Crippen molar-refractivity contribution in [2.75, 3.05) is 11.9 Å². The van der Waals surface area contributed by atoms with Crippen LogP contribution < -0.4 is 5.32 Å². The Morgan fingerprint density at radius 2 is 2.15 bits per heavy atom. The lowest BCUT2D eigenvalue weighted by Crippen LogP contribution is -2.03. The van der Waals surface area contributed by atoms with Crippen LogP contribution in [0.2, 0.25) is 0 Å². The van der Waals surface area contributed by atoms with Gasteiger partial charge in [0.05, 0.1) is 5.69 Å². The molecule has 0 saturated carbocycles. The second kappa shape index (κ2) is 8.64. The zero-order chi connectivity index (χ0) is 18.5. The van der Waals surface area contributed by atoms with Crippen LogP contribution in [-0.2, 0) is 12.2 Å². The van der Waals surface area contributed by atoms with Crippen LogP contribution in [-0.4, -0.2) is 21.7 Å². The summed E-state index contributed by atoms with van der Waals surface area (Å²) in [6.07, 6.45) is 2.57. The van der Waals surface area contributed by atoms with Crippen LogP contribution >= 0.6 is 34.4 Å².